The summed E-state index contributed by atoms with van der Waals surface area (Å²) in [6.07, 6.45) is 1.91. The third-order valence-electron chi connectivity index (χ3n) is 5.06. The molecule has 1 aliphatic rings. The third kappa shape index (κ3) is 4.02. The molecule has 0 radical (unpaired) electrons. The summed E-state index contributed by atoms with van der Waals surface area (Å²) in [5.74, 6) is 0.579. The van der Waals surface area contributed by atoms with Crippen LogP contribution in [-0.4, -0.2) is 36.5 Å². The van der Waals surface area contributed by atoms with Gasteiger partial charge in [-0.3, -0.25) is 0 Å². The molecule has 0 aliphatic carbocycles. The van der Waals surface area contributed by atoms with Crippen molar-refractivity contribution in [2.75, 3.05) is 26.4 Å². The third-order valence-corrected chi connectivity index (χ3v) is 5.06. The second-order valence-corrected chi connectivity index (χ2v) is 7.14. The Hall–Kier alpha value is -1.91. The van der Waals surface area contributed by atoms with Crippen LogP contribution in [0.2, 0.25) is 0 Å². The van der Waals surface area contributed by atoms with Crippen LogP contribution in [0.4, 0.5) is 0 Å². The molecule has 2 aromatic rings. The highest BCUT2D eigenvalue weighted by Gasteiger charge is 2.31. The van der Waals surface area contributed by atoms with E-state index in [2.05, 4.69) is 45.0 Å². The molecule has 25 heavy (non-hydrogen) atoms. The standard InChI is InChI=1S/C21H27NO3/c1-15-4-5-16(2)18(12-15)17-13-19(21(3)6-9-24-10-7-21)22-20(14-17)25-11-8-23/h4-5,12-14,23H,6-11H2,1-3H3. The Morgan fingerprint density at radius 1 is 1.16 bits per heavy atom. The summed E-state index contributed by atoms with van der Waals surface area (Å²) in [4.78, 5) is 4.76. The summed E-state index contributed by atoms with van der Waals surface area (Å²) in [6, 6.07) is 10.7. The summed E-state index contributed by atoms with van der Waals surface area (Å²) in [5.41, 5.74) is 5.81. The number of nitrogens with zero attached hydrogens (tertiary/aromatic N) is 1. The molecule has 3 rings (SSSR count). The van der Waals surface area contributed by atoms with Gasteiger partial charge < -0.3 is 14.6 Å². The maximum absolute atomic E-state index is 9.09. The van der Waals surface area contributed by atoms with Gasteiger partial charge in [-0.2, -0.15) is 0 Å². The summed E-state index contributed by atoms with van der Waals surface area (Å²) >= 11 is 0. The van der Waals surface area contributed by atoms with Gasteiger partial charge in [-0.25, -0.2) is 4.98 Å². The number of aryl methyl sites for hydroxylation is 2. The minimum Gasteiger partial charge on any atom is -0.475 e. The number of pyridine rings is 1. The molecule has 2 heterocycles. The van der Waals surface area contributed by atoms with Crippen LogP contribution in [0, 0.1) is 13.8 Å². The molecule has 0 bridgehead atoms. The maximum atomic E-state index is 9.09. The lowest BCUT2D eigenvalue weighted by molar-refractivity contribution is 0.0548. The van der Waals surface area contributed by atoms with Crippen molar-refractivity contribution >= 4 is 0 Å². The highest BCUT2D eigenvalue weighted by atomic mass is 16.5. The molecule has 4 nitrogen and oxygen atoms in total. The topological polar surface area (TPSA) is 51.6 Å². The largest absolute Gasteiger partial charge is 0.475 e. The van der Waals surface area contributed by atoms with Crippen LogP contribution in [0.1, 0.15) is 36.6 Å². The second kappa shape index (κ2) is 7.54. The smallest absolute Gasteiger partial charge is 0.214 e. The Morgan fingerprint density at radius 3 is 2.64 bits per heavy atom. The van der Waals surface area contributed by atoms with E-state index in [0.29, 0.717) is 5.88 Å². The summed E-state index contributed by atoms with van der Waals surface area (Å²) < 4.78 is 11.2. The van der Waals surface area contributed by atoms with Crippen LogP contribution in [-0.2, 0) is 10.2 Å². The summed E-state index contributed by atoms with van der Waals surface area (Å²) in [5, 5.41) is 9.09. The van der Waals surface area contributed by atoms with Crippen molar-refractivity contribution in [2.45, 2.75) is 39.0 Å². The SMILES string of the molecule is Cc1ccc(C)c(-c2cc(OCCO)nc(C3(C)CCOCC3)c2)c1. The molecular formula is C21H27NO3. The number of aliphatic hydroxyl groups excluding tert-OH is 1. The molecule has 0 atom stereocenters. The van der Waals surface area contributed by atoms with E-state index in [9.17, 15) is 0 Å². The first-order chi connectivity index (χ1) is 12.0. The van der Waals surface area contributed by atoms with Gasteiger partial charge in [-0.1, -0.05) is 30.7 Å². The zero-order valence-electron chi connectivity index (χ0n) is 15.3. The van der Waals surface area contributed by atoms with E-state index in [-0.39, 0.29) is 18.6 Å². The zero-order valence-corrected chi connectivity index (χ0v) is 15.3. The molecule has 1 aliphatic heterocycles. The van der Waals surface area contributed by atoms with E-state index in [0.717, 1.165) is 37.3 Å². The molecule has 134 valence electrons. The normalized spacial score (nSPS) is 16.6. The fraction of sp³-hybridized carbons (Fsp3) is 0.476. The van der Waals surface area contributed by atoms with Crippen LogP contribution in [0.3, 0.4) is 0 Å². The first-order valence-electron chi connectivity index (χ1n) is 8.93. The Morgan fingerprint density at radius 2 is 1.92 bits per heavy atom. The number of hydrogen-bond acceptors (Lipinski definition) is 4. The Kier molecular flexibility index (Phi) is 5.40. The first-order valence-corrected chi connectivity index (χ1v) is 8.93. The minimum atomic E-state index is -0.0180. The van der Waals surface area contributed by atoms with E-state index in [4.69, 9.17) is 19.6 Å². The van der Waals surface area contributed by atoms with E-state index < -0.39 is 0 Å². The predicted octanol–water partition coefficient (Wildman–Crippen LogP) is 3.80. The fourth-order valence-electron chi connectivity index (χ4n) is 3.32. The minimum absolute atomic E-state index is 0.0106. The van der Waals surface area contributed by atoms with Gasteiger partial charge in [0.1, 0.15) is 6.61 Å². The van der Waals surface area contributed by atoms with Crippen molar-refractivity contribution in [2.24, 2.45) is 0 Å². The molecule has 4 heteroatoms. The molecule has 1 saturated heterocycles. The highest BCUT2D eigenvalue weighted by molar-refractivity contribution is 5.69. The fourth-order valence-corrected chi connectivity index (χ4v) is 3.32. The second-order valence-electron chi connectivity index (χ2n) is 7.14. The van der Waals surface area contributed by atoms with Gasteiger partial charge in [-0.15, -0.1) is 0 Å². The van der Waals surface area contributed by atoms with Crippen molar-refractivity contribution in [3.8, 4) is 17.0 Å². The Labute approximate surface area is 149 Å². The van der Waals surface area contributed by atoms with Gasteiger partial charge in [0.05, 0.1) is 12.3 Å². The Bertz CT molecular complexity index is 736. The molecule has 0 saturated carbocycles. The lowest BCUT2D eigenvalue weighted by atomic mass is 9.78. The number of ether oxygens (including phenoxy) is 2. The van der Waals surface area contributed by atoms with E-state index in [1.165, 1.54) is 16.7 Å². The number of benzene rings is 1. The average molecular weight is 341 g/mol. The van der Waals surface area contributed by atoms with Crippen molar-refractivity contribution < 1.29 is 14.6 Å². The quantitative estimate of drug-likeness (QED) is 0.898. The van der Waals surface area contributed by atoms with Crippen molar-refractivity contribution in [1.82, 2.24) is 4.98 Å². The molecule has 1 fully saturated rings. The first kappa shape index (κ1) is 17.9. The maximum Gasteiger partial charge on any atom is 0.214 e. The van der Waals surface area contributed by atoms with Gasteiger partial charge in [0, 0.05) is 24.7 Å². The summed E-state index contributed by atoms with van der Waals surface area (Å²) in [7, 11) is 0. The predicted molar refractivity (Wildman–Crippen MR) is 99.1 cm³/mol. The van der Waals surface area contributed by atoms with Gasteiger partial charge >= 0.3 is 0 Å². The van der Waals surface area contributed by atoms with Gasteiger partial charge in [0.25, 0.3) is 0 Å². The van der Waals surface area contributed by atoms with Crippen LogP contribution < -0.4 is 4.74 Å². The number of rotatable bonds is 5. The molecule has 0 spiro atoms. The average Bonchev–Trinajstić information content (AvgIpc) is 2.62. The van der Waals surface area contributed by atoms with Gasteiger partial charge in [0.15, 0.2) is 0 Å². The van der Waals surface area contributed by atoms with Gasteiger partial charge in [-0.05, 0) is 49.4 Å². The molecule has 0 amide bonds. The number of aromatic nitrogens is 1. The van der Waals surface area contributed by atoms with Crippen LogP contribution in [0.5, 0.6) is 5.88 Å². The van der Waals surface area contributed by atoms with E-state index in [1.807, 2.05) is 6.07 Å². The molecule has 0 unspecified atom stereocenters. The van der Waals surface area contributed by atoms with E-state index in [1.54, 1.807) is 0 Å². The number of hydrogen-bond donors (Lipinski definition) is 1. The number of aliphatic hydroxyl groups is 1. The highest BCUT2D eigenvalue weighted by Crippen LogP contribution is 2.37. The molecular weight excluding hydrogens is 314 g/mol. The van der Waals surface area contributed by atoms with Crippen LogP contribution >= 0.6 is 0 Å². The molecule has 1 N–H and O–H groups in total. The van der Waals surface area contributed by atoms with Crippen molar-refractivity contribution in [1.29, 1.82) is 0 Å². The van der Waals surface area contributed by atoms with Crippen LogP contribution in [0.25, 0.3) is 11.1 Å². The molecule has 1 aromatic heterocycles. The van der Waals surface area contributed by atoms with Crippen LogP contribution in [0.15, 0.2) is 30.3 Å². The Balaban J connectivity index is 2.08. The molecule has 1 aromatic carbocycles. The van der Waals surface area contributed by atoms with Crippen molar-refractivity contribution in [3.63, 3.8) is 0 Å². The summed E-state index contributed by atoms with van der Waals surface area (Å²) in [6.45, 7) is 8.24. The van der Waals surface area contributed by atoms with E-state index >= 15 is 0 Å². The van der Waals surface area contributed by atoms with Crippen molar-refractivity contribution in [3.05, 3.63) is 47.2 Å². The lowest BCUT2D eigenvalue weighted by Crippen LogP contribution is -2.31. The zero-order chi connectivity index (χ0) is 17.9. The monoisotopic (exact) mass is 341 g/mol. The van der Waals surface area contributed by atoms with Gasteiger partial charge in [0.2, 0.25) is 5.88 Å². The lowest BCUT2D eigenvalue weighted by Gasteiger charge is -2.33.